The van der Waals surface area contributed by atoms with E-state index in [2.05, 4.69) is 32.7 Å². The van der Waals surface area contributed by atoms with Crippen molar-refractivity contribution in [2.24, 2.45) is 0 Å². The molecule has 0 atom stereocenters. The molecule has 0 saturated carbocycles. The van der Waals surface area contributed by atoms with Gasteiger partial charge in [0.25, 0.3) is 0 Å². The van der Waals surface area contributed by atoms with Gasteiger partial charge in [-0.1, -0.05) is 13.0 Å². The molecule has 0 saturated heterocycles. The van der Waals surface area contributed by atoms with Gasteiger partial charge in [-0.05, 0) is 35.0 Å². The highest BCUT2D eigenvalue weighted by atomic mass is 32.1. The second-order valence-corrected chi connectivity index (χ2v) is 5.43. The van der Waals surface area contributed by atoms with Gasteiger partial charge in [0.2, 0.25) is 0 Å². The van der Waals surface area contributed by atoms with Crippen LogP contribution >= 0.6 is 11.3 Å². The molecule has 0 unspecified atom stereocenters. The van der Waals surface area contributed by atoms with Gasteiger partial charge in [-0.25, -0.2) is 9.67 Å². The summed E-state index contributed by atoms with van der Waals surface area (Å²) in [6.45, 7) is 2.89. The van der Waals surface area contributed by atoms with Crippen molar-refractivity contribution in [1.82, 2.24) is 25.2 Å². The number of nitrogens with zero attached hydrogens (tertiary/aromatic N) is 5. The molecule has 0 radical (unpaired) electrons. The normalized spacial score (nSPS) is 10.7. The van der Waals surface area contributed by atoms with E-state index in [4.69, 9.17) is 0 Å². The first-order chi connectivity index (χ1) is 9.85. The summed E-state index contributed by atoms with van der Waals surface area (Å²) in [5.74, 6) is 0. The van der Waals surface area contributed by atoms with Crippen molar-refractivity contribution in [3.8, 4) is 5.69 Å². The van der Waals surface area contributed by atoms with E-state index in [0.717, 1.165) is 24.3 Å². The lowest BCUT2D eigenvalue weighted by molar-refractivity contribution is 0.789. The average Bonchev–Trinajstić information content (AvgIpc) is 3.17. The van der Waals surface area contributed by atoms with Gasteiger partial charge < -0.3 is 5.32 Å². The summed E-state index contributed by atoms with van der Waals surface area (Å²) in [5, 5.41) is 15.7. The third kappa shape index (κ3) is 2.83. The summed E-state index contributed by atoms with van der Waals surface area (Å²) in [5.41, 5.74) is 1.96. The van der Waals surface area contributed by atoms with E-state index in [0.29, 0.717) is 0 Å². The van der Waals surface area contributed by atoms with E-state index in [9.17, 15) is 0 Å². The summed E-state index contributed by atoms with van der Waals surface area (Å²) in [6.07, 6.45) is 4.50. The third-order valence-corrected chi connectivity index (χ3v) is 3.97. The maximum Gasteiger partial charge on any atom is 0.143 e. The first-order valence-electron chi connectivity index (χ1n) is 6.36. The van der Waals surface area contributed by atoms with Crippen LogP contribution in [-0.4, -0.2) is 25.2 Å². The molecule has 6 nitrogen and oxygen atoms in total. The Morgan fingerprint density at radius 3 is 3.05 bits per heavy atom. The smallest absolute Gasteiger partial charge is 0.143 e. The molecule has 7 heteroatoms. The molecule has 0 bridgehead atoms. The number of thiazole rings is 1. The van der Waals surface area contributed by atoms with Gasteiger partial charge >= 0.3 is 0 Å². The fourth-order valence-electron chi connectivity index (χ4n) is 1.82. The maximum atomic E-state index is 4.35. The molecular formula is C13H14N6S. The van der Waals surface area contributed by atoms with E-state index in [1.807, 2.05) is 30.5 Å². The second-order valence-electron chi connectivity index (χ2n) is 4.23. The maximum absolute atomic E-state index is 4.35. The average molecular weight is 286 g/mol. The fourth-order valence-corrected chi connectivity index (χ4v) is 2.62. The van der Waals surface area contributed by atoms with Crippen LogP contribution in [0.5, 0.6) is 0 Å². The van der Waals surface area contributed by atoms with Crippen LogP contribution in [0, 0.1) is 0 Å². The van der Waals surface area contributed by atoms with Crippen LogP contribution in [-0.2, 0) is 13.0 Å². The Morgan fingerprint density at radius 2 is 2.30 bits per heavy atom. The van der Waals surface area contributed by atoms with Crippen LogP contribution in [0.1, 0.15) is 16.8 Å². The van der Waals surface area contributed by atoms with Crippen LogP contribution < -0.4 is 5.32 Å². The largest absolute Gasteiger partial charge is 0.380 e. The molecule has 0 aliphatic heterocycles. The summed E-state index contributed by atoms with van der Waals surface area (Å²) in [4.78, 5) is 5.58. The van der Waals surface area contributed by atoms with E-state index >= 15 is 0 Å². The SMILES string of the molecule is CCc1ncc(CNc2cccc(-n3cnnn3)c2)s1. The fraction of sp³-hybridized carbons (Fsp3) is 0.231. The molecule has 0 aliphatic carbocycles. The summed E-state index contributed by atoms with van der Waals surface area (Å²) >= 11 is 1.74. The van der Waals surface area contributed by atoms with E-state index < -0.39 is 0 Å². The molecule has 2 heterocycles. The van der Waals surface area contributed by atoms with Gasteiger partial charge in [-0.15, -0.1) is 16.4 Å². The molecule has 2 aromatic heterocycles. The molecule has 102 valence electrons. The van der Waals surface area contributed by atoms with Gasteiger partial charge in [0.1, 0.15) is 6.33 Å². The number of hydrogen-bond acceptors (Lipinski definition) is 6. The minimum absolute atomic E-state index is 0.775. The lowest BCUT2D eigenvalue weighted by atomic mass is 10.3. The van der Waals surface area contributed by atoms with Crippen molar-refractivity contribution in [1.29, 1.82) is 0 Å². The van der Waals surface area contributed by atoms with Crippen LogP contribution in [0.2, 0.25) is 0 Å². The molecule has 0 aliphatic rings. The summed E-state index contributed by atoms with van der Waals surface area (Å²) in [7, 11) is 0. The van der Waals surface area contributed by atoms with Crippen LogP contribution in [0.3, 0.4) is 0 Å². The first kappa shape index (κ1) is 12.7. The molecular weight excluding hydrogens is 272 g/mol. The van der Waals surface area contributed by atoms with Crippen LogP contribution in [0.4, 0.5) is 5.69 Å². The Balaban J connectivity index is 1.70. The monoisotopic (exact) mass is 286 g/mol. The number of aromatic nitrogens is 5. The number of anilines is 1. The molecule has 1 aromatic carbocycles. The lowest BCUT2D eigenvalue weighted by Gasteiger charge is -2.06. The predicted molar refractivity (Wildman–Crippen MR) is 78.0 cm³/mol. The molecule has 0 amide bonds. The number of aryl methyl sites for hydroxylation is 1. The quantitative estimate of drug-likeness (QED) is 0.779. The Hall–Kier alpha value is -2.28. The van der Waals surface area contributed by atoms with E-state index in [-0.39, 0.29) is 0 Å². The highest BCUT2D eigenvalue weighted by Gasteiger charge is 2.02. The van der Waals surface area contributed by atoms with Crippen LogP contribution in [0.15, 0.2) is 36.8 Å². The number of nitrogens with one attached hydrogen (secondary N) is 1. The van der Waals surface area contributed by atoms with Crippen molar-refractivity contribution in [3.05, 3.63) is 46.7 Å². The van der Waals surface area contributed by atoms with Crippen LogP contribution in [0.25, 0.3) is 5.69 Å². The summed E-state index contributed by atoms with van der Waals surface area (Å²) in [6, 6.07) is 7.97. The van der Waals surface area contributed by atoms with Gasteiger partial charge in [0.05, 0.1) is 17.2 Å². The lowest BCUT2D eigenvalue weighted by Crippen LogP contribution is -2.00. The molecule has 3 rings (SSSR count). The third-order valence-electron chi connectivity index (χ3n) is 2.83. The van der Waals surface area contributed by atoms with Gasteiger partial charge in [-0.3, -0.25) is 0 Å². The number of benzene rings is 1. The molecule has 0 spiro atoms. The number of rotatable bonds is 5. The van der Waals surface area contributed by atoms with E-state index in [1.54, 1.807) is 22.3 Å². The van der Waals surface area contributed by atoms with Crippen molar-refractivity contribution in [3.63, 3.8) is 0 Å². The topological polar surface area (TPSA) is 68.5 Å². The van der Waals surface area contributed by atoms with Crippen molar-refractivity contribution in [2.45, 2.75) is 19.9 Å². The van der Waals surface area contributed by atoms with Gasteiger partial charge in [-0.2, -0.15) is 0 Å². The van der Waals surface area contributed by atoms with Crippen molar-refractivity contribution in [2.75, 3.05) is 5.32 Å². The van der Waals surface area contributed by atoms with Gasteiger partial charge in [0, 0.05) is 16.8 Å². The second kappa shape index (κ2) is 5.79. The highest BCUT2D eigenvalue weighted by Crippen LogP contribution is 2.17. The first-order valence-corrected chi connectivity index (χ1v) is 7.17. The molecule has 1 N–H and O–H groups in total. The predicted octanol–water partition coefficient (Wildman–Crippen LogP) is 2.29. The molecule has 3 aromatic rings. The highest BCUT2D eigenvalue weighted by molar-refractivity contribution is 7.11. The summed E-state index contributed by atoms with van der Waals surface area (Å²) < 4.78 is 1.63. The number of hydrogen-bond donors (Lipinski definition) is 1. The Morgan fingerprint density at radius 1 is 1.35 bits per heavy atom. The molecule has 20 heavy (non-hydrogen) atoms. The standard InChI is InChI=1S/C13H14N6S/c1-2-13-15-8-12(20-13)7-14-10-4-3-5-11(6-10)19-9-16-17-18-19/h3-6,8-9,14H,2,7H2,1H3. The van der Waals surface area contributed by atoms with E-state index in [1.165, 1.54) is 9.88 Å². The molecule has 0 fully saturated rings. The minimum Gasteiger partial charge on any atom is -0.380 e. The zero-order valence-corrected chi connectivity index (χ0v) is 11.8. The number of tetrazole rings is 1. The Labute approximate surface area is 120 Å². The zero-order chi connectivity index (χ0) is 13.8. The zero-order valence-electron chi connectivity index (χ0n) is 11.0. The minimum atomic E-state index is 0.775. The Bertz CT molecular complexity index is 676. The van der Waals surface area contributed by atoms with Crippen molar-refractivity contribution < 1.29 is 0 Å². The Kier molecular flexibility index (Phi) is 3.69. The van der Waals surface area contributed by atoms with Gasteiger partial charge in [0.15, 0.2) is 0 Å². The van der Waals surface area contributed by atoms with Crippen molar-refractivity contribution >= 4 is 17.0 Å².